The molecule has 1 N–H and O–H groups in total. The Bertz CT molecular complexity index is 897. The molecule has 0 saturated carbocycles. The predicted molar refractivity (Wildman–Crippen MR) is 92.5 cm³/mol. The molecule has 3 aromatic rings. The van der Waals surface area contributed by atoms with Gasteiger partial charge in [0.15, 0.2) is 17.3 Å². The average molecular weight is 351 g/mol. The van der Waals surface area contributed by atoms with Crippen LogP contribution in [0.1, 0.15) is 16.9 Å². The van der Waals surface area contributed by atoms with E-state index in [1.807, 2.05) is 24.3 Å². The van der Waals surface area contributed by atoms with E-state index in [2.05, 4.69) is 20.4 Å². The highest BCUT2D eigenvalue weighted by atomic mass is 16.6. The number of pyridine rings is 1. The molecule has 1 unspecified atom stereocenters. The van der Waals surface area contributed by atoms with Crippen LogP contribution in [0.5, 0.6) is 11.5 Å². The number of fused-ring (bicyclic) bond motifs is 1. The molecule has 0 spiro atoms. The Kier molecular flexibility index (Phi) is 4.46. The van der Waals surface area contributed by atoms with Gasteiger partial charge in [0.1, 0.15) is 31.1 Å². The fraction of sp³-hybridized carbons (Fsp3) is 0.222. The molecule has 8 nitrogen and oxygen atoms in total. The molecule has 0 aliphatic carbocycles. The van der Waals surface area contributed by atoms with Crippen LogP contribution in [-0.2, 0) is 0 Å². The minimum atomic E-state index is -0.246. The van der Waals surface area contributed by atoms with Crippen LogP contribution in [0.4, 0.5) is 0 Å². The van der Waals surface area contributed by atoms with Gasteiger partial charge in [0.2, 0.25) is 0 Å². The number of benzene rings is 1. The van der Waals surface area contributed by atoms with Crippen molar-refractivity contribution >= 4 is 5.91 Å². The number of aromatic nitrogens is 4. The molecular weight excluding hydrogens is 334 g/mol. The molecule has 4 rings (SSSR count). The maximum atomic E-state index is 12.3. The predicted octanol–water partition coefficient (Wildman–Crippen LogP) is 1.62. The molecule has 3 heterocycles. The third-order valence-corrected chi connectivity index (χ3v) is 3.94. The number of carbonyl (C=O) groups is 1. The van der Waals surface area contributed by atoms with E-state index >= 15 is 0 Å². The molecule has 0 saturated heterocycles. The largest absolute Gasteiger partial charge is 0.486 e. The Labute approximate surface area is 149 Å². The summed E-state index contributed by atoms with van der Waals surface area (Å²) in [6, 6.07) is 12.7. The van der Waals surface area contributed by atoms with Gasteiger partial charge in [-0.3, -0.25) is 4.79 Å². The van der Waals surface area contributed by atoms with E-state index in [0.29, 0.717) is 31.1 Å². The van der Waals surface area contributed by atoms with E-state index in [9.17, 15) is 4.79 Å². The van der Waals surface area contributed by atoms with Gasteiger partial charge in [-0.05, 0) is 24.3 Å². The van der Waals surface area contributed by atoms with E-state index in [4.69, 9.17) is 9.47 Å². The SMILES string of the molecule is O=C(NCCC1COc2ccccc2O1)c1cccc(-n2cncn2)n1. The summed E-state index contributed by atoms with van der Waals surface area (Å²) in [5.74, 6) is 1.78. The number of carbonyl (C=O) groups excluding carboxylic acids is 1. The Balaban J connectivity index is 1.32. The normalized spacial score (nSPS) is 15.5. The molecule has 1 aliphatic heterocycles. The second-order valence-electron chi connectivity index (χ2n) is 5.76. The monoisotopic (exact) mass is 351 g/mol. The molecule has 132 valence electrons. The van der Waals surface area contributed by atoms with Crippen LogP contribution in [0.2, 0.25) is 0 Å². The lowest BCUT2D eigenvalue weighted by Crippen LogP contribution is -2.34. The van der Waals surface area contributed by atoms with E-state index in [0.717, 1.165) is 11.5 Å². The zero-order chi connectivity index (χ0) is 17.8. The van der Waals surface area contributed by atoms with E-state index in [1.54, 1.807) is 18.2 Å². The summed E-state index contributed by atoms with van der Waals surface area (Å²) in [5, 5.41) is 6.87. The van der Waals surface area contributed by atoms with Crippen LogP contribution in [0.25, 0.3) is 5.82 Å². The van der Waals surface area contributed by atoms with Gasteiger partial charge < -0.3 is 14.8 Å². The van der Waals surface area contributed by atoms with Crippen LogP contribution in [0.3, 0.4) is 0 Å². The van der Waals surface area contributed by atoms with Crippen molar-refractivity contribution < 1.29 is 14.3 Å². The highest BCUT2D eigenvalue weighted by Crippen LogP contribution is 2.31. The van der Waals surface area contributed by atoms with Crippen molar-refractivity contribution in [3.05, 3.63) is 60.8 Å². The summed E-state index contributed by atoms with van der Waals surface area (Å²) in [6.45, 7) is 0.928. The van der Waals surface area contributed by atoms with Crippen LogP contribution >= 0.6 is 0 Å². The van der Waals surface area contributed by atoms with Gasteiger partial charge in [-0.1, -0.05) is 18.2 Å². The van der Waals surface area contributed by atoms with Crippen molar-refractivity contribution in [2.45, 2.75) is 12.5 Å². The van der Waals surface area contributed by atoms with Crippen molar-refractivity contribution in [3.63, 3.8) is 0 Å². The maximum absolute atomic E-state index is 12.3. The lowest BCUT2D eigenvalue weighted by molar-refractivity contribution is 0.0811. The summed E-state index contributed by atoms with van der Waals surface area (Å²) >= 11 is 0. The van der Waals surface area contributed by atoms with E-state index in [-0.39, 0.29) is 12.0 Å². The molecule has 0 radical (unpaired) electrons. The average Bonchev–Trinajstić information content (AvgIpc) is 3.23. The second-order valence-corrected chi connectivity index (χ2v) is 5.76. The maximum Gasteiger partial charge on any atom is 0.269 e. The van der Waals surface area contributed by atoms with Gasteiger partial charge in [-0.25, -0.2) is 14.6 Å². The van der Waals surface area contributed by atoms with Crippen molar-refractivity contribution in [3.8, 4) is 17.3 Å². The fourth-order valence-corrected chi connectivity index (χ4v) is 2.65. The first-order chi connectivity index (χ1) is 12.8. The Morgan fingerprint density at radius 1 is 1.19 bits per heavy atom. The molecule has 0 bridgehead atoms. The van der Waals surface area contributed by atoms with Crippen LogP contribution in [0.15, 0.2) is 55.1 Å². The van der Waals surface area contributed by atoms with E-state index in [1.165, 1.54) is 17.3 Å². The topological polar surface area (TPSA) is 91.2 Å². The van der Waals surface area contributed by atoms with Gasteiger partial charge in [0.25, 0.3) is 5.91 Å². The smallest absolute Gasteiger partial charge is 0.269 e. The molecule has 1 atom stereocenters. The number of rotatable bonds is 5. The third-order valence-electron chi connectivity index (χ3n) is 3.94. The van der Waals surface area contributed by atoms with Gasteiger partial charge in [-0.15, -0.1) is 0 Å². The molecule has 26 heavy (non-hydrogen) atoms. The molecule has 1 aliphatic rings. The molecule has 2 aromatic heterocycles. The second kappa shape index (κ2) is 7.22. The van der Waals surface area contributed by atoms with Gasteiger partial charge in [0.05, 0.1) is 0 Å². The molecule has 0 fully saturated rings. The molecular formula is C18H17N5O3. The van der Waals surface area contributed by atoms with Crippen molar-refractivity contribution in [2.75, 3.05) is 13.2 Å². The Morgan fingerprint density at radius 2 is 2.08 bits per heavy atom. The first kappa shape index (κ1) is 16.1. The molecule has 1 amide bonds. The third kappa shape index (κ3) is 3.49. The number of hydrogen-bond acceptors (Lipinski definition) is 6. The number of ether oxygens (including phenoxy) is 2. The minimum absolute atomic E-state index is 0.0976. The first-order valence-electron chi connectivity index (χ1n) is 8.28. The Morgan fingerprint density at radius 3 is 2.92 bits per heavy atom. The van der Waals surface area contributed by atoms with Crippen molar-refractivity contribution in [1.82, 2.24) is 25.1 Å². The first-order valence-corrected chi connectivity index (χ1v) is 8.28. The zero-order valence-corrected chi connectivity index (χ0v) is 13.9. The van der Waals surface area contributed by atoms with Gasteiger partial charge in [-0.2, -0.15) is 5.10 Å². The lowest BCUT2D eigenvalue weighted by atomic mass is 10.2. The van der Waals surface area contributed by atoms with Crippen molar-refractivity contribution in [2.24, 2.45) is 0 Å². The quantitative estimate of drug-likeness (QED) is 0.751. The van der Waals surface area contributed by atoms with Crippen molar-refractivity contribution in [1.29, 1.82) is 0 Å². The number of nitrogens with zero attached hydrogens (tertiary/aromatic N) is 4. The number of nitrogens with one attached hydrogen (secondary N) is 1. The van der Waals surface area contributed by atoms with E-state index < -0.39 is 0 Å². The summed E-state index contributed by atoms with van der Waals surface area (Å²) in [7, 11) is 0. The number of para-hydroxylation sites is 2. The summed E-state index contributed by atoms with van der Waals surface area (Å²) in [5.41, 5.74) is 0.323. The standard InChI is InChI=1S/C18H17N5O3/c24-18(14-4-3-7-17(22-14)23-12-19-11-21-23)20-9-8-13-10-25-15-5-1-2-6-16(15)26-13/h1-7,11-13H,8-10H2,(H,20,24). The summed E-state index contributed by atoms with van der Waals surface area (Å²) < 4.78 is 13.0. The highest BCUT2D eigenvalue weighted by Gasteiger charge is 2.20. The lowest BCUT2D eigenvalue weighted by Gasteiger charge is -2.26. The highest BCUT2D eigenvalue weighted by molar-refractivity contribution is 5.92. The van der Waals surface area contributed by atoms with Gasteiger partial charge in [0, 0.05) is 13.0 Å². The number of amides is 1. The Hall–Kier alpha value is -3.42. The number of hydrogen-bond donors (Lipinski definition) is 1. The summed E-state index contributed by atoms with van der Waals surface area (Å²) in [4.78, 5) is 20.5. The van der Waals surface area contributed by atoms with Crippen LogP contribution in [-0.4, -0.2) is 44.9 Å². The van der Waals surface area contributed by atoms with Crippen LogP contribution < -0.4 is 14.8 Å². The molecule has 8 heteroatoms. The minimum Gasteiger partial charge on any atom is -0.486 e. The fourth-order valence-electron chi connectivity index (χ4n) is 2.65. The van der Waals surface area contributed by atoms with Crippen LogP contribution in [0, 0.1) is 0 Å². The summed E-state index contributed by atoms with van der Waals surface area (Å²) in [6.07, 6.45) is 3.49. The molecule has 1 aromatic carbocycles. The van der Waals surface area contributed by atoms with Gasteiger partial charge >= 0.3 is 0 Å². The zero-order valence-electron chi connectivity index (χ0n) is 13.9.